The molecule has 4 nitrogen and oxygen atoms in total. The molecular formula is C13H17NO3S2. The maximum absolute atomic E-state index is 12.0. The van der Waals surface area contributed by atoms with E-state index in [2.05, 4.69) is 11.4 Å². The van der Waals surface area contributed by atoms with Crippen LogP contribution in [0.1, 0.15) is 17.4 Å². The van der Waals surface area contributed by atoms with Crippen molar-refractivity contribution < 1.29 is 14.7 Å². The molecule has 1 aliphatic rings. The summed E-state index contributed by atoms with van der Waals surface area (Å²) in [5.74, 6) is -0.238. The number of carboxylic acid groups (broad SMARTS) is 1. The zero-order valence-corrected chi connectivity index (χ0v) is 12.4. The summed E-state index contributed by atoms with van der Waals surface area (Å²) in [5.41, 5.74) is 1.26. The van der Waals surface area contributed by atoms with Crippen molar-refractivity contribution in [2.75, 3.05) is 18.1 Å². The Balaban J connectivity index is 1.77. The number of amides is 1. The van der Waals surface area contributed by atoms with Crippen LogP contribution in [0.5, 0.6) is 0 Å². The summed E-state index contributed by atoms with van der Waals surface area (Å²) < 4.78 is 0. The van der Waals surface area contributed by atoms with Gasteiger partial charge in [0.15, 0.2) is 0 Å². The molecule has 1 amide bonds. The lowest BCUT2D eigenvalue weighted by atomic mass is 10.1. The van der Waals surface area contributed by atoms with Crippen molar-refractivity contribution in [1.82, 2.24) is 4.90 Å². The minimum atomic E-state index is -0.805. The van der Waals surface area contributed by atoms with Gasteiger partial charge in [-0.25, -0.2) is 0 Å². The quantitative estimate of drug-likeness (QED) is 0.904. The molecule has 1 aromatic rings. The third-order valence-corrected chi connectivity index (χ3v) is 5.39. The van der Waals surface area contributed by atoms with Crippen LogP contribution in [0.4, 0.5) is 0 Å². The van der Waals surface area contributed by atoms with Gasteiger partial charge in [0.25, 0.3) is 0 Å². The predicted molar refractivity (Wildman–Crippen MR) is 77.6 cm³/mol. The zero-order valence-electron chi connectivity index (χ0n) is 10.8. The molecule has 0 aliphatic carbocycles. The number of nitrogens with zero attached hydrogens (tertiary/aromatic N) is 1. The molecule has 2 heterocycles. The molecule has 0 radical (unpaired) electrons. The maximum atomic E-state index is 12.0. The zero-order chi connectivity index (χ0) is 13.8. The lowest BCUT2D eigenvalue weighted by Crippen LogP contribution is -2.36. The molecule has 0 bridgehead atoms. The average Bonchev–Trinajstić information content (AvgIpc) is 2.85. The fourth-order valence-corrected chi connectivity index (χ4v) is 3.81. The third kappa shape index (κ3) is 3.73. The van der Waals surface area contributed by atoms with Gasteiger partial charge in [-0.15, -0.1) is 11.3 Å². The highest BCUT2D eigenvalue weighted by Crippen LogP contribution is 2.24. The molecule has 104 valence electrons. The first kappa shape index (κ1) is 14.4. The van der Waals surface area contributed by atoms with Gasteiger partial charge in [0.1, 0.15) is 0 Å². The van der Waals surface area contributed by atoms with Gasteiger partial charge in [-0.05, 0) is 23.4 Å². The second-order valence-corrected chi connectivity index (χ2v) is 6.72. The van der Waals surface area contributed by atoms with Gasteiger partial charge in [-0.3, -0.25) is 9.59 Å². The Bertz CT molecular complexity index is 472. The van der Waals surface area contributed by atoms with E-state index in [1.54, 1.807) is 18.3 Å². The maximum Gasteiger partial charge on any atom is 0.307 e. The van der Waals surface area contributed by atoms with Crippen LogP contribution in [0.3, 0.4) is 0 Å². The largest absolute Gasteiger partial charge is 0.481 e. The number of hydrogen-bond acceptors (Lipinski definition) is 4. The van der Waals surface area contributed by atoms with Gasteiger partial charge < -0.3 is 10.0 Å². The number of aliphatic carboxylic acids is 1. The van der Waals surface area contributed by atoms with E-state index in [-0.39, 0.29) is 5.91 Å². The van der Waals surface area contributed by atoms with Gasteiger partial charge in [0, 0.05) is 23.7 Å². The molecular weight excluding hydrogens is 282 g/mol. The summed E-state index contributed by atoms with van der Waals surface area (Å²) in [5, 5.41) is 10.8. The second-order valence-electron chi connectivity index (χ2n) is 4.69. The Kier molecular flexibility index (Phi) is 4.87. The monoisotopic (exact) mass is 299 g/mol. The number of rotatable bonds is 5. The number of carboxylic acids is 1. The van der Waals surface area contributed by atoms with Crippen molar-refractivity contribution in [3.63, 3.8) is 0 Å². The van der Waals surface area contributed by atoms with E-state index >= 15 is 0 Å². The van der Waals surface area contributed by atoms with Crippen LogP contribution in [0, 0.1) is 5.92 Å². The molecule has 1 aromatic heterocycles. The van der Waals surface area contributed by atoms with Crippen molar-refractivity contribution in [2.45, 2.75) is 19.9 Å². The van der Waals surface area contributed by atoms with Crippen LogP contribution >= 0.6 is 23.1 Å². The highest BCUT2D eigenvalue weighted by molar-refractivity contribution is 7.99. The topological polar surface area (TPSA) is 57.6 Å². The van der Waals surface area contributed by atoms with Gasteiger partial charge in [0.2, 0.25) is 5.91 Å². The molecule has 2 rings (SSSR count). The minimum absolute atomic E-state index is 0.111. The molecule has 1 N–H and O–H groups in total. The molecule has 1 unspecified atom stereocenters. The minimum Gasteiger partial charge on any atom is -0.481 e. The van der Waals surface area contributed by atoms with E-state index in [1.807, 2.05) is 4.90 Å². The van der Waals surface area contributed by atoms with Crippen LogP contribution in [-0.2, 0) is 22.6 Å². The first-order chi connectivity index (χ1) is 9.08. The number of thioether (sulfide) groups is 1. The number of thiophene rings is 1. The van der Waals surface area contributed by atoms with E-state index in [9.17, 15) is 9.59 Å². The number of fused-ring (bicyclic) bond motifs is 1. The standard InChI is InChI=1S/C13H17NO3S2/c1-9(13(16)17)7-18-8-12(15)14-4-2-11-10(6-14)3-5-19-11/h3,5,9H,2,4,6-8H2,1H3,(H,16,17). The number of hydrogen-bond donors (Lipinski definition) is 1. The Labute approximate surface area is 120 Å². The summed E-state index contributed by atoms with van der Waals surface area (Å²) >= 11 is 3.16. The summed E-state index contributed by atoms with van der Waals surface area (Å²) in [6.45, 7) is 3.15. The Morgan fingerprint density at radius 1 is 1.58 bits per heavy atom. The van der Waals surface area contributed by atoms with E-state index < -0.39 is 11.9 Å². The molecule has 1 atom stereocenters. The van der Waals surface area contributed by atoms with Gasteiger partial charge in [-0.2, -0.15) is 11.8 Å². The smallest absolute Gasteiger partial charge is 0.307 e. The van der Waals surface area contributed by atoms with E-state index in [0.29, 0.717) is 18.1 Å². The second kappa shape index (κ2) is 6.43. The highest BCUT2D eigenvalue weighted by Gasteiger charge is 2.21. The number of carbonyl (C=O) groups is 2. The van der Waals surface area contributed by atoms with Gasteiger partial charge in [-0.1, -0.05) is 6.92 Å². The highest BCUT2D eigenvalue weighted by atomic mass is 32.2. The first-order valence-electron chi connectivity index (χ1n) is 6.21. The van der Waals surface area contributed by atoms with Crippen molar-refractivity contribution >= 4 is 35.0 Å². The fourth-order valence-electron chi connectivity index (χ4n) is 1.95. The first-order valence-corrected chi connectivity index (χ1v) is 8.25. The summed E-state index contributed by atoms with van der Waals surface area (Å²) in [7, 11) is 0. The van der Waals surface area contributed by atoms with Gasteiger partial charge >= 0.3 is 5.97 Å². The molecule has 0 saturated carbocycles. The van der Waals surface area contributed by atoms with E-state index in [1.165, 1.54) is 22.2 Å². The molecule has 0 spiro atoms. The fraction of sp³-hybridized carbons (Fsp3) is 0.538. The number of carbonyl (C=O) groups excluding carboxylic acids is 1. The molecule has 0 saturated heterocycles. The van der Waals surface area contributed by atoms with Crippen molar-refractivity contribution in [3.8, 4) is 0 Å². The lowest BCUT2D eigenvalue weighted by Gasteiger charge is -2.27. The van der Waals surface area contributed by atoms with Crippen LogP contribution in [0.25, 0.3) is 0 Å². The summed E-state index contributed by atoms with van der Waals surface area (Å²) in [6.07, 6.45) is 0.939. The van der Waals surface area contributed by atoms with E-state index in [0.717, 1.165) is 13.0 Å². The molecule has 0 aromatic carbocycles. The van der Waals surface area contributed by atoms with Crippen molar-refractivity contribution in [1.29, 1.82) is 0 Å². The molecule has 1 aliphatic heterocycles. The molecule has 6 heteroatoms. The third-order valence-electron chi connectivity index (χ3n) is 3.18. The Morgan fingerprint density at radius 3 is 3.11 bits per heavy atom. The van der Waals surface area contributed by atoms with E-state index in [4.69, 9.17) is 5.11 Å². The van der Waals surface area contributed by atoms with Crippen LogP contribution in [-0.4, -0.2) is 39.9 Å². The lowest BCUT2D eigenvalue weighted by molar-refractivity contribution is -0.140. The van der Waals surface area contributed by atoms with Crippen LogP contribution in [0.15, 0.2) is 11.4 Å². The molecule has 19 heavy (non-hydrogen) atoms. The predicted octanol–water partition coefficient (Wildman–Crippen LogP) is 2.09. The average molecular weight is 299 g/mol. The van der Waals surface area contributed by atoms with Gasteiger partial charge in [0.05, 0.1) is 11.7 Å². The van der Waals surface area contributed by atoms with Crippen LogP contribution < -0.4 is 0 Å². The normalized spacial score (nSPS) is 15.9. The van der Waals surface area contributed by atoms with Crippen LogP contribution in [0.2, 0.25) is 0 Å². The summed E-state index contributed by atoms with van der Waals surface area (Å²) in [4.78, 5) is 26.0. The SMILES string of the molecule is CC(CSCC(=O)N1CCc2sccc2C1)C(=O)O. The molecule has 0 fully saturated rings. The van der Waals surface area contributed by atoms with Crippen molar-refractivity contribution in [2.24, 2.45) is 5.92 Å². The van der Waals surface area contributed by atoms with Crippen molar-refractivity contribution in [3.05, 3.63) is 21.9 Å². The summed E-state index contributed by atoms with van der Waals surface area (Å²) in [6, 6.07) is 2.08. The Hall–Kier alpha value is -1.01. The Morgan fingerprint density at radius 2 is 2.37 bits per heavy atom.